The van der Waals surface area contributed by atoms with Gasteiger partial charge in [-0.05, 0) is 33.6 Å². The summed E-state index contributed by atoms with van der Waals surface area (Å²) in [6, 6.07) is -2.44. The first kappa shape index (κ1) is 42.4. The van der Waals surface area contributed by atoms with E-state index < -0.39 is 57.9 Å². The van der Waals surface area contributed by atoms with Gasteiger partial charge in [-0.2, -0.15) is 0 Å². The van der Waals surface area contributed by atoms with Gasteiger partial charge in [0.05, 0.1) is 5.92 Å². The van der Waals surface area contributed by atoms with E-state index in [1.54, 1.807) is 20.8 Å². The van der Waals surface area contributed by atoms with Crippen LogP contribution in [0.4, 0.5) is 9.59 Å². The number of nitrogens with zero attached hydrogens (tertiary/aromatic N) is 4. The number of carbonyl (C=O) groups excluding carboxylic acids is 4. The van der Waals surface area contributed by atoms with Gasteiger partial charge in [-0.15, -0.1) is 0 Å². The van der Waals surface area contributed by atoms with E-state index in [1.807, 2.05) is 0 Å². The number of urea groups is 1. The average molecular weight is 1470 g/mol. The van der Waals surface area contributed by atoms with Crippen LogP contribution in [-0.4, -0.2) is 92.2 Å². The molecule has 0 aromatic carbocycles. The van der Waals surface area contributed by atoms with Crippen molar-refractivity contribution in [3.63, 3.8) is 0 Å². The number of carbonyl (C=O) groups is 4. The first-order valence-corrected chi connectivity index (χ1v) is 12.4. The number of hydrogen-bond acceptors (Lipinski definition) is 10. The third-order valence-electron chi connectivity index (χ3n) is 5.68. The normalized spacial score (nSPS) is 22.1. The van der Waals surface area contributed by atoms with Crippen LogP contribution in [0.15, 0.2) is 5.06 Å². The van der Waals surface area contributed by atoms with Gasteiger partial charge in [-0.1, -0.05) is 0 Å². The van der Waals surface area contributed by atoms with Gasteiger partial charge in [-0.3, -0.25) is 4.79 Å². The van der Waals surface area contributed by atoms with Crippen LogP contribution in [0.25, 0.3) is 0 Å². The zero-order chi connectivity index (χ0) is 26.0. The van der Waals surface area contributed by atoms with Gasteiger partial charge >= 0.3 is 126 Å². The molecule has 39 heavy (non-hydrogen) atoms. The number of fused-ring (bicyclic) bond motifs is 2. The molecule has 5 amide bonds. The Hall–Kier alpha value is 1.26. The molecule has 1 radical (unpaired) electrons. The van der Waals surface area contributed by atoms with Crippen LogP contribution < -0.4 is 10.9 Å². The summed E-state index contributed by atoms with van der Waals surface area (Å²) in [5, 5.41) is 3.11. The minimum absolute atomic E-state index is 0. The molecule has 3 aliphatic heterocycles. The fourth-order valence-corrected chi connectivity index (χ4v) is 4.67. The molecule has 0 aromatic rings. The predicted molar refractivity (Wildman–Crippen MR) is 117 cm³/mol. The van der Waals surface area contributed by atoms with Gasteiger partial charge in [0.2, 0.25) is 0 Å². The van der Waals surface area contributed by atoms with Crippen LogP contribution in [-0.2, 0) is 33.3 Å². The van der Waals surface area contributed by atoms with Crippen LogP contribution in [0.2, 0.25) is 0 Å². The molecule has 3 heterocycles. The Balaban J connectivity index is 0. The van der Waals surface area contributed by atoms with Crippen molar-refractivity contribution in [2.75, 3.05) is 19.6 Å². The van der Waals surface area contributed by atoms with E-state index in [0.717, 1.165) is 4.90 Å². The van der Waals surface area contributed by atoms with Crippen LogP contribution in [0, 0.1) is 130 Å². The standard InChI is InChI=1S/C18H28BN6O9S.4U/c1-18(2,3)32-17(29)23-8-4-5-11(9-23)14(26)20-21-15(27)13-7-6-12-10-24(13)16(28)25(12)34-35(30,31)33-22-19;;;;/h11-13H,4-10H2,1-3H3,(H,20,26)(H,21,27);;;;/t11-,12-,13+;;;;/m1..../s1. The van der Waals surface area contributed by atoms with E-state index in [4.69, 9.17) is 4.74 Å². The van der Waals surface area contributed by atoms with Gasteiger partial charge in [-0.25, -0.2) is 4.79 Å². The van der Waals surface area contributed by atoms with E-state index >= 15 is 0 Å². The molecule has 209 valence electrons. The molecular weight excluding hydrogens is 1440 g/mol. The molecule has 0 saturated carbocycles. The average Bonchev–Trinajstić information content (AvgIpc) is 3.00. The molecule has 3 aliphatic rings. The zero-order valence-corrected chi connectivity index (χ0v) is 39.1. The molecule has 3 rings (SSSR count). The summed E-state index contributed by atoms with van der Waals surface area (Å²) in [6.07, 6.45) is 1.07. The Kier molecular flexibility index (Phi) is 19.7. The second kappa shape index (κ2) is 18.2. The van der Waals surface area contributed by atoms with Crippen molar-refractivity contribution in [2.45, 2.75) is 64.1 Å². The van der Waals surface area contributed by atoms with Crippen LogP contribution in [0.5, 0.6) is 0 Å². The molecule has 0 spiro atoms. The fraction of sp³-hybridized carbons (Fsp3) is 0.778. The number of hydrogen-bond donors (Lipinski definition) is 2. The Morgan fingerprint density at radius 3 is 2.21 bits per heavy atom. The van der Waals surface area contributed by atoms with Gasteiger partial charge in [0.25, 0.3) is 0 Å². The van der Waals surface area contributed by atoms with Gasteiger partial charge in [0.15, 0.2) is 0 Å². The van der Waals surface area contributed by atoms with Gasteiger partial charge < -0.3 is 9.64 Å². The number of hydroxylamine groups is 2. The molecule has 3 fully saturated rings. The topological polar surface area (TPSA) is 176 Å². The Bertz CT molecular complexity index is 1010. The molecule has 0 aliphatic carbocycles. The van der Waals surface area contributed by atoms with Crippen molar-refractivity contribution in [3.05, 3.63) is 0 Å². The number of amides is 5. The Morgan fingerprint density at radius 1 is 1.00 bits per heavy atom. The third-order valence-corrected chi connectivity index (χ3v) is 6.30. The summed E-state index contributed by atoms with van der Waals surface area (Å²) < 4.78 is 37.1. The number of nitrogens with one attached hydrogen (secondary N) is 2. The van der Waals surface area contributed by atoms with Crippen LogP contribution >= 0.6 is 0 Å². The minimum atomic E-state index is -4.69. The predicted octanol–water partition coefficient (Wildman–Crippen LogP) is -0.490. The molecule has 3 atom stereocenters. The van der Waals surface area contributed by atoms with Gasteiger partial charge in [0, 0.05) is 138 Å². The second-order valence-corrected chi connectivity index (χ2v) is 10.5. The van der Waals surface area contributed by atoms with Crippen LogP contribution in [0.3, 0.4) is 0 Å². The molecular formula is C18H28BN6O9SU4. The summed E-state index contributed by atoms with van der Waals surface area (Å²) in [7, 11) is -0.0199. The summed E-state index contributed by atoms with van der Waals surface area (Å²) >= 11 is 0. The minimum Gasteiger partial charge on any atom is -0.444 e. The van der Waals surface area contributed by atoms with Crippen molar-refractivity contribution in [2.24, 2.45) is 11.0 Å². The summed E-state index contributed by atoms with van der Waals surface area (Å²) in [5.74, 6) is -1.68. The Morgan fingerprint density at radius 2 is 1.62 bits per heavy atom. The fourth-order valence-electron chi connectivity index (χ4n) is 4.16. The number of piperidine rings is 2. The summed E-state index contributed by atoms with van der Waals surface area (Å²) in [6.45, 7) is 5.89. The number of hydrazine groups is 1. The summed E-state index contributed by atoms with van der Waals surface area (Å²) in [4.78, 5) is 52.8. The molecule has 3 saturated heterocycles. The molecule has 21 heteroatoms. The molecule has 0 unspecified atom stereocenters. The maximum absolute atomic E-state index is 12.7. The van der Waals surface area contributed by atoms with E-state index in [9.17, 15) is 27.6 Å². The SMILES string of the molecule is [B]=NOS(=O)(=O)ON1C(=O)N2C[C@H]1CC[C@H]2C(=O)NNC(=O)[C@@H]1CCCN(C(=O)OC(C)(C)C)C1.[U].[U].[U].[U]. The number of ether oxygens (including phenoxy) is 1. The first-order valence-electron chi connectivity index (χ1n) is 11.0. The van der Waals surface area contributed by atoms with E-state index in [-0.39, 0.29) is 150 Å². The van der Waals surface area contributed by atoms with Crippen molar-refractivity contribution < 1.29 is 165 Å². The van der Waals surface area contributed by atoms with E-state index in [0.29, 0.717) is 24.4 Å². The first-order chi connectivity index (χ1) is 16.3. The van der Waals surface area contributed by atoms with Crippen molar-refractivity contribution in [1.82, 2.24) is 25.7 Å². The molecule has 2 N–H and O–H groups in total. The quantitative estimate of drug-likeness (QED) is 0.263. The van der Waals surface area contributed by atoms with E-state index in [1.165, 1.54) is 4.90 Å². The number of rotatable bonds is 6. The Labute approximate surface area is 323 Å². The van der Waals surface area contributed by atoms with Crippen molar-refractivity contribution >= 4 is 42.0 Å². The monoisotopic (exact) mass is 1470 g/mol. The third kappa shape index (κ3) is 12.0. The maximum atomic E-state index is 12.7. The van der Waals surface area contributed by atoms with Crippen LogP contribution in [0.1, 0.15) is 46.5 Å². The second-order valence-electron chi connectivity index (χ2n) is 9.41. The van der Waals surface area contributed by atoms with Crippen molar-refractivity contribution in [1.29, 1.82) is 0 Å². The van der Waals surface area contributed by atoms with E-state index in [2.05, 4.69) is 32.1 Å². The summed E-state index contributed by atoms with van der Waals surface area (Å²) in [5.41, 5.74) is 4.01. The van der Waals surface area contributed by atoms with Gasteiger partial charge in [0.1, 0.15) is 5.60 Å². The molecule has 0 aromatic heterocycles. The molecule has 2 bridgehead atoms. The van der Waals surface area contributed by atoms with Crippen molar-refractivity contribution in [3.8, 4) is 0 Å². The zero-order valence-electron chi connectivity index (χ0n) is 21.6. The smallest absolute Gasteiger partial charge is 0.444 e. The molecule has 15 nitrogen and oxygen atoms in total. The number of likely N-dealkylation sites (tertiary alicyclic amines) is 1.